The fourth-order valence-electron chi connectivity index (χ4n) is 3.01. The number of phenolic OH excluding ortho intramolecular Hbond substituents is 1. The van der Waals surface area contributed by atoms with Gasteiger partial charge >= 0.3 is 0 Å². The molecule has 2 heteroatoms. The zero-order valence-electron chi connectivity index (χ0n) is 11.4. The number of phenols is 1. The summed E-state index contributed by atoms with van der Waals surface area (Å²) in [5.74, 6) is 1.78. The molecule has 1 aliphatic carbocycles. The summed E-state index contributed by atoms with van der Waals surface area (Å²) in [7, 11) is 0. The number of hydrogen-bond donors (Lipinski definition) is 2. The predicted molar refractivity (Wildman–Crippen MR) is 73.6 cm³/mol. The van der Waals surface area contributed by atoms with E-state index < -0.39 is 5.60 Å². The van der Waals surface area contributed by atoms with E-state index in [4.69, 9.17) is 0 Å². The Kier molecular flexibility index (Phi) is 3.96. The molecule has 1 aromatic rings. The van der Waals surface area contributed by atoms with Crippen LogP contribution in [0.1, 0.15) is 45.1 Å². The summed E-state index contributed by atoms with van der Waals surface area (Å²) in [6, 6.07) is 7.19. The SMILES string of the molecule is CC(C)C1CCC(O)(Cc2ccc(O)cc2)CC1. The topological polar surface area (TPSA) is 40.5 Å². The monoisotopic (exact) mass is 248 g/mol. The molecule has 0 saturated heterocycles. The van der Waals surface area contributed by atoms with E-state index in [0.29, 0.717) is 6.42 Å². The maximum Gasteiger partial charge on any atom is 0.115 e. The van der Waals surface area contributed by atoms with Crippen LogP contribution in [-0.4, -0.2) is 15.8 Å². The molecule has 0 aromatic heterocycles. The lowest BCUT2D eigenvalue weighted by Crippen LogP contribution is -2.37. The van der Waals surface area contributed by atoms with E-state index >= 15 is 0 Å². The summed E-state index contributed by atoms with van der Waals surface area (Å²) in [5, 5.41) is 19.9. The maximum atomic E-state index is 10.6. The van der Waals surface area contributed by atoms with Gasteiger partial charge in [-0.1, -0.05) is 26.0 Å². The van der Waals surface area contributed by atoms with E-state index in [0.717, 1.165) is 43.1 Å². The molecule has 0 bridgehead atoms. The van der Waals surface area contributed by atoms with Gasteiger partial charge in [0, 0.05) is 6.42 Å². The molecule has 1 saturated carbocycles. The quantitative estimate of drug-likeness (QED) is 0.859. The summed E-state index contributed by atoms with van der Waals surface area (Å²) < 4.78 is 0. The zero-order chi connectivity index (χ0) is 13.2. The van der Waals surface area contributed by atoms with Crippen molar-refractivity contribution >= 4 is 0 Å². The highest BCUT2D eigenvalue weighted by Crippen LogP contribution is 2.37. The summed E-state index contributed by atoms with van der Waals surface area (Å²) in [5.41, 5.74) is 0.570. The molecule has 0 radical (unpaired) electrons. The number of hydrogen-bond acceptors (Lipinski definition) is 2. The van der Waals surface area contributed by atoms with Gasteiger partial charge in [0.2, 0.25) is 0 Å². The number of aliphatic hydroxyl groups is 1. The van der Waals surface area contributed by atoms with Crippen molar-refractivity contribution in [3.63, 3.8) is 0 Å². The highest BCUT2D eigenvalue weighted by molar-refractivity contribution is 5.27. The van der Waals surface area contributed by atoms with E-state index in [1.807, 2.05) is 12.1 Å². The molecule has 0 heterocycles. The van der Waals surface area contributed by atoms with Gasteiger partial charge < -0.3 is 10.2 Å². The summed E-state index contributed by atoms with van der Waals surface area (Å²) in [6.45, 7) is 4.55. The van der Waals surface area contributed by atoms with Crippen molar-refractivity contribution in [2.45, 2.75) is 51.6 Å². The van der Waals surface area contributed by atoms with Crippen LogP contribution in [0.25, 0.3) is 0 Å². The first kappa shape index (κ1) is 13.4. The Morgan fingerprint density at radius 3 is 2.22 bits per heavy atom. The standard InChI is InChI=1S/C16H24O2/c1-12(2)14-7-9-16(18,10-8-14)11-13-3-5-15(17)6-4-13/h3-6,12,14,17-18H,7-11H2,1-2H3. The lowest BCUT2D eigenvalue weighted by molar-refractivity contribution is -0.0146. The van der Waals surface area contributed by atoms with Gasteiger partial charge in [-0.2, -0.15) is 0 Å². The molecule has 0 spiro atoms. The Morgan fingerprint density at radius 1 is 1.17 bits per heavy atom. The molecule has 1 aromatic carbocycles. The van der Waals surface area contributed by atoms with Crippen LogP contribution in [0.3, 0.4) is 0 Å². The van der Waals surface area contributed by atoms with Crippen LogP contribution >= 0.6 is 0 Å². The molecule has 2 nitrogen and oxygen atoms in total. The molecule has 100 valence electrons. The van der Waals surface area contributed by atoms with Gasteiger partial charge in [0.1, 0.15) is 5.75 Å². The molecule has 0 atom stereocenters. The van der Waals surface area contributed by atoms with Crippen molar-refractivity contribution in [1.29, 1.82) is 0 Å². The van der Waals surface area contributed by atoms with Crippen molar-refractivity contribution in [3.05, 3.63) is 29.8 Å². The van der Waals surface area contributed by atoms with Gasteiger partial charge in [0.15, 0.2) is 0 Å². The second kappa shape index (κ2) is 5.31. The molecule has 1 fully saturated rings. The molecule has 0 unspecified atom stereocenters. The smallest absolute Gasteiger partial charge is 0.115 e. The molecule has 18 heavy (non-hydrogen) atoms. The minimum Gasteiger partial charge on any atom is -0.508 e. The van der Waals surface area contributed by atoms with Gasteiger partial charge in [-0.3, -0.25) is 0 Å². The van der Waals surface area contributed by atoms with Crippen molar-refractivity contribution in [3.8, 4) is 5.75 Å². The molecule has 1 aliphatic rings. The predicted octanol–water partition coefficient (Wildman–Crippen LogP) is 3.51. The second-order valence-electron chi connectivity index (χ2n) is 6.15. The Balaban J connectivity index is 1.95. The van der Waals surface area contributed by atoms with Crippen LogP contribution in [0.15, 0.2) is 24.3 Å². The zero-order valence-corrected chi connectivity index (χ0v) is 11.4. The molecule has 2 N–H and O–H groups in total. The molecule has 0 amide bonds. The summed E-state index contributed by atoms with van der Waals surface area (Å²) in [6.07, 6.45) is 4.77. The van der Waals surface area contributed by atoms with E-state index in [2.05, 4.69) is 13.8 Å². The van der Waals surface area contributed by atoms with Crippen LogP contribution in [0.2, 0.25) is 0 Å². The van der Waals surface area contributed by atoms with Crippen LogP contribution < -0.4 is 0 Å². The molecule has 2 rings (SSSR count). The van der Waals surface area contributed by atoms with E-state index in [1.54, 1.807) is 12.1 Å². The summed E-state index contributed by atoms with van der Waals surface area (Å²) >= 11 is 0. The van der Waals surface area contributed by atoms with E-state index in [9.17, 15) is 10.2 Å². The lowest BCUT2D eigenvalue weighted by atomic mass is 9.72. The van der Waals surface area contributed by atoms with E-state index in [-0.39, 0.29) is 5.75 Å². The van der Waals surface area contributed by atoms with Crippen molar-refractivity contribution in [1.82, 2.24) is 0 Å². The van der Waals surface area contributed by atoms with Crippen molar-refractivity contribution in [2.75, 3.05) is 0 Å². The Bertz CT molecular complexity index is 373. The molecular weight excluding hydrogens is 224 g/mol. The third-order valence-corrected chi connectivity index (χ3v) is 4.37. The minimum absolute atomic E-state index is 0.286. The normalized spacial score (nSPS) is 28.6. The average Bonchev–Trinajstić information content (AvgIpc) is 2.32. The largest absolute Gasteiger partial charge is 0.508 e. The van der Waals surface area contributed by atoms with Crippen molar-refractivity contribution < 1.29 is 10.2 Å². The fraction of sp³-hybridized carbons (Fsp3) is 0.625. The van der Waals surface area contributed by atoms with Crippen molar-refractivity contribution in [2.24, 2.45) is 11.8 Å². The van der Waals surface area contributed by atoms with Gasteiger partial charge in [0.25, 0.3) is 0 Å². The summed E-state index contributed by atoms with van der Waals surface area (Å²) in [4.78, 5) is 0. The number of benzene rings is 1. The van der Waals surface area contributed by atoms with E-state index in [1.165, 1.54) is 0 Å². The lowest BCUT2D eigenvalue weighted by Gasteiger charge is -2.37. The number of aromatic hydroxyl groups is 1. The number of rotatable bonds is 3. The van der Waals surface area contributed by atoms with Crippen LogP contribution in [0.5, 0.6) is 5.75 Å². The van der Waals surface area contributed by atoms with Gasteiger partial charge in [-0.15, -0.1) is 0 Å². The third kappa shape index (κ3) is 3.26. The Morgan fingerprint density at radius 2 is 1.72 bits per heavy atom. The molecular formula is C16H24O2. The first-order valence-corrected chi connectivity index (χ1v) is 6.99. The minimum atomic E-state index is -0.539. The first-order valence-electron chi connectivity index (χ1n) is 6.99. The fourth-order valence-corrected chi connectivity index (χ4v) is 3.01. The highest BCUT2D eigenvalue weighted by Gasteiger charge is 2.34. The Hall–Kier alpha value is -1.02. The Labute approximate surface area is 110 Å². The van der Waals surface area contributed by atoms with Gasteiger partial charge in [-0.25, -0.2) is 0 Å². The highest BCUT2D eigenvalue weighted by atomic mass is 16.3. The van der Waals surface area contributed by atoms with Crippen LogP contribution in [-0.2, 0) is 6.42 Å². The van der Waals surface area contributed by atoms with Gasteiger partial charge in [0.05, 0.1) is 5.60 Å². The van der Waals surface area contributed by atoms with Gasteiger partial charge in [-0.05, 0) is 55.2 Å². The first-order chi connectivity index (χ1) is 8.48. The second-order valence-corrected chi connectivity index (χ2v) is 6.15. The molecule has 0 aliphatic heterocycles. The van der Waals surface area contributed by atoms with Crippen LogP contribution in [0, 0.1) is 11.8 Å². The average molecular weight is 248 g/mol. The maximum absolute atomic E-state index is 10.6. The third-order valence-electron chi connectivity index (χ3n) is 4.37. The van der Waals surface area contributed by atoms with Crippen LogP contribution in [0.4, 0.5) is 0 Å².